The first-order valence-corrected chi connectivity index (χ1v) is 8.10. The van der Waals surface area contributed by atoms with Gasteiger partial charge in [0.25, 0.3) is 0 Å². The van der Waals surface area contributed by atoms with Crippen molar-refractivity contribution in [1.82, 2.24) is 10.6 Å². The Balaban J connectivity index is 1.56. The fraction of sp³-hybridized carbons (Fsp3) is 0.588. The number of carbonyl (C=O) groups is 1. The van der Waals surface area contributed by atoms with Gasteiger partial charge in [-0.1, -0.05) is 25.8 Å². The number of ether oxygens (including phenoxy) is 2. The third-order valence-electron chi connectivity index (χ3n) is 4.67. The molecule has 1 aromatic rings. The highest BCUT2D eigenvalue weighted by molar-refractivity contribution is 5.74. The number of hydrogen-bond acceptors (Lipinski definition) is 3. The van der Waals surface area contributed by atoms with Crippen LogP contribution in [0.1, 0.15) is 51.1 Å². The second-order valence-electron chi connectivity index (χ2n) is 6.32. The molecule has 0 spiro atoms. The van der Waals surface area contributed by atoms with Gasteiger partial charge in [-0.3, -0.25) is 0 Å². The van der Waals surface area contributed by atoms with Crippen molar-refractivity contribution >= 4 is 6.03 Å². The third kappa shape index (κ3) is 3.29. The van der Waals surface area contributed by atoms with Crippen LogP contribution in [0.5, 0.6) is 11.5 Å². The summed E-state index contributed by atoms with van der Waals surface area (Å²) in [7, 11) is 0. The highest BCUT2D eigenvalue weighted by atomic mass is 16.7. The van der Waals surface area contributed by atoms with Crippen LogP contribution in [-0.2, 0) is 0 Å². The molecule has 1 aliphatic heterocycles. The van der Waals surface area contributed by atoms with Crippen LogP contribution in [0.4, 0.5) is 4.79 Å². The maximum Gasteiger partial charge on any atom is 0.315 e. The number of rotatable bonds is 3. The Labute approximate surface area is 131 Å². The van der Waals surface area contributed by atoms with Crippen LogP contribution in [-0.4, -0.2) is 18.9 Å². The average molecular weight is 304 g/mol. The zero-order valence-corrected chi connectivity index (χ0v) is 13.2. The van der Waals surface area contributed by atoms with E-state index in [4.69, 9.17) is 9.47 Å². The molecule has 0 radical (unpaired) electrons. The van der Waals surface area contributed by atoms with Gasteiger partial charge in [0.05, 0.1) is 6.04 Å². The van der Waals surface area contributed by atoms with Crippen molar-refractivity contribution in [2.45, 2.75) is 51.6 Å². The molecule has 3 atom stereocenters. The van der Waals surface area contributed by atoms with Gasteiger partial charge >= 0.3 is 6.03 Å². The first-order valence-electron chi connectivity index (χ1n) is 8.10. The van der Waals surface area contributed by atoms with Gasteiger partial charge in [-0.2, -0.15) is 0 Å². The largest absolute Gasteiger partial charge is 0.454 e. The summed E-state index contributed by atoms with van der Waals surface area (Å²) in [6, 6.07) is 5.89. The molecular formula is C17H24N2O3. The predicted molar refractivity (Wildman–Crippen MR) is 84.1 cm³/mol. The van der Waals surface area contributed by atoms with Gasteiger partial charge in [0.1, 0.15) is 0 Å². The Morgan fingerprint density at radius 1 is 1.23 bits per heavy atom. The SMILES string of the molecule is CC(NC(=O)NC1CCCCC1C)c1ccc2c(c1)OCO2. The predicted octanol–water partition coefficient (Wildman–Crippen LogP) is 3.35. The standard InChI is InChI=1S/C17H24N2O3/c1-11-5-3-4-6-14(11)19-17(20)18-12(2)13-7-8-15-16(9-13)22-10-21-15/h7-9,11-12,14H,3-6,10H2,1-2H3,(H2,18,19,20). The van der Waals surface area contributed by atoms with Crippen molar-refractivity contribution in [2.75, 3.05) is 6.79 Å². The van der Waals surface area contributed by atoms with Crippen molar-refractivity contribution < 1.29 is 14.3 Å². The van der Waals surface area contributed by atoms with Crippen LogP contribution in [0, 0.1) is 5.92 Å². The van der Waals surface area contributed by atoms with E-state index in [0.29, 0.717) is 5.92 Å². The van der Waals surface area contributed by atoms with E-state index in [9.17, 15) is 4.79 Å². The molecule has 0 aromatic heterocycles. The molecule has 0 bridgehead atoms. The van der Waals surface area contributed by atoms with Crippen LogP contribution >= 0.6 is 0 Å². The number of hydrogen-bond donors (Lipinski definition) is 2. The van der Waals surface area contributed by atoms with Gasteiger partial charge in [-0.05, 0) is 43.4 Å². The Morgan fingerprint density at radius 3 is 2.82 bits per heavy atom. The Morgan fingerprint density at radius 2 is 2.00 bits per heavy atom. The van der Waals surface area contributed by atoms with Crippen molar-refractivity contribution in [2.24, 2.45) is 5.92 Å². The first-order chi connectivity index (χ1) is 10.6. The zero-order chi connectivity index (χ0) is 15.5. The fourth-order valence-electron chi connectivity index (χ4n) is 3.20. The molecular weight excluding hydrogens is 280 g/mol. The van der Waals surface area contributed by atoms with Crippen LogP contribution < -0.4 is 20.1 Å². The van der Waals surface area contributed by atoms with Crippen LogP contribution in [0.3, 0.4) is 0 Å². The van der Waals surface area contributed by atoms with E-state index in [1.165, 1.54) is 19.3 Å². The average Bonchev–Trinajstić information content (AvgIpc) is 2.97. The molecule has 1 aromatic carbocycles. The van der Waals surface area contributed by atoms with E-state index in [-0.39, 0.29) is 24.9 Å². The lowest BCUT2D eigenvalue weighted by Gasteiger charge is -2.30. The Kier molecular flexibility index (Phi) is 4.41. The molecule has 1 saturated carbocycles. The molecule has 5 heteroatoms. The Hall–Kier alpha value is -1.91. The van der Waals surface area contributed by atoms with E-state index in [2.05, 4.69) is 17.6 Å². The van der Waals surface area contributed by atoms with Gasteiger partial charge < -0.3 is 20.1 Å². The minimum atomic E-state index is -0.0936. The number of nitrogens with one attached hydrogen (secondary N) is 2. The van der Waals surface area contributed by atoms with Crippen LogP contribution in [0.25, 0.3) is 0 Å². The van der Waals surface area contributed by atoms with Gasteiger partial charge in [0.15, 0.2) is 11.5 Å². The van der Waals surface area contributed by atoms with Crippen molar-refractivity contribution in [1.29, 1.82) is 0 Å². The summed E-state index contributed by atoms with van der Waals surface area (Å²) in [5.74, 6) is 2.06. The Bertz CT molecular complexity index is 547. The quantitative estimate of drug-likeness (QED) is 0.900. The summed E-state index contributed by atoms with van der Waals surface area (Å²) in [4.78, 5) is 12.2. The molecule has 2 N–H and O–H groups in total. The smallest absolute Gasteiger partial charge is 0.315 e. The highest BCUT2D eigenvalue weighted by Crippen LogP contribution is 2.34. The summed E-state index contributed by atoms with van der Waals surface area (Å²) in [6.45, 7) is 4.45. The van der Waals surface area contributed by atoms with E-state index in [1.54, 1.807) is 0 Å². The lowest BCUT2D eigenvalue weighted by molar-refractivity contribution is 0.174. The maximum absolute atomic E-state index is 12.2. The molecule has 2 aliphatic rings. The second-order valence-corrected chi connectivity index (χ2v) is 6.32. The zero-order valence-electron chi connectivity index (χ0n) is 13.2. The van der Waals surface area contributed by atoms with Crippen LogP contribution in [0.2, 0.25) is 0 Å². The number of carbonyl (C=O) groups excluding carboxylic acids is 1. The normalized spacial score (nSPS) is 24.6. The lowest BCUT2D eigenvalue weighted by atomic mass is 9.86. The minimum absolute atomic E-state index is 0.0756. The molecule has 5 nitrogen and oxygen atoms in total. The van der Waals surface area contributed by atoms with Gasteiger partial charge in [-0.25, -0.2) is 4.79 Å². The summed E-state index contributed by atoms with van der Waals surface area (Å²) in [5, 5.41) is 6.12. The maximum atomic E-state index is 12.2. The molecule has 0 saturated heterocycles. The summed E-state index contributed by atoms with van der Waals surface area (Å²) in [5.41, 5.74) is 1.01. The fourth-order valence-corrected chi connectivity index (χ4v) is 3.20. The summed E-state index contributed by atoms with van der Waals surface area (Å²) >= 11 is 0. The monoisotopic (exact) mass is 304 g/mol. The lowest BCUT2D eigenvalue weighted by Crippen LogP contribution is -2.46. The molecule has 3 rings (SSSR count). The molecule has 1 aliphatic carbocycles. The summed E-state index contributed by atoms with van der Waals surface area (Å²) in [6.07, 6.45) is 4.75. The molecule has 1 fully saturated rings. The van der Waals surface area contributed by atoms with Gasteiger partial charge in [-0.15, -0.1) is 0 Å². The van der Waals surface area contributed by atoms with E-state index in [1.807, 2.05) is 25.1 Å². The van der Waals surface area contributed by atoms with Gasteiger partial charge in [0.2, 0.25) is 6.79 Å². The number of benzene rings is 1. The van der Waals surface area contributed by atoms with Crippen molar-refractivity contribution in [3.8, 4) is 11.5 Å². The van der Waals surface area contributed by atoms with Crippen molar-refractivity contribution in [3.63, 3.8) is 0 Å². The first kappa shape index (κ1) is 15.0. The molecule has 120 valence electrons. The second kappa shape index (κ2) is 6.46. The van der Waals surface area contributed by atoms with E-state index < -0.39 is 0 Å². The van der Waals surface area contributed by atoms with Gasteiger partial charge in [0, 0.05) is 6.04 Å². The highest BCUT2D eigenvalue weighted by Gasteiger charge is 2.23. The topological polar surface area (TPSA) is 59.6 Å². The molecule has 22 heavy (non-hydrogen) atoms. The van der Waals surface area contributed by atoms with E-state index in [0.717, 1.165) is 23.5 Å². The summed E-state index contributed by atoms with van der Waals surface area (Å²) < 4.78 is 10.7. The third-order valence-corrected chi connectivity index (χ3v) is 4.67. The minimum Gasteiger partial charge on any atom is -0.454 e. The number of fused-ring (bicyclic) bond motifs is 1. The van der Waals surface area contributed by atoms with Crippen molar-refractivity contribution in [3.05, 3.63) is 23.8 Å². The van der Waals surface area contributed by atoms with Crippen LogP contribution in [0.15, 0.2) is 18.2 Å². The number of urea groups is 1. The number of amides is 2. The molecule has 1 heterocycles. The van der Waals surface area contributed by atoms with E-state index >= 15 is 0 Å². The molecule has 2 amide bonds. The molecule has 3 unspecified atom stereocenters.